The van der Waals surface area contributed by atoms with E-state index in [9.17, 15) is 15.0 Å². The number of carboxylic acid groups (broad SMARTS) is 1. The molecule has 8 nitrogen and oxygen atoms in total. The van der Waals surface area contributed by atoms with E-state index in [4.69, 9.17) is 16.2 Å². The number of aliphatic carboxylic acids is 1. The van der Waals surface area contributed by atoms with Gasteiger partial charge in [0.05, 0.1) is 12.2 Å². The Morgan fingerprint density at radius 2 is 1.67 bits per heavy atom. The van der Waals surface area contributed by atoms with Crippen LogP contribution in [0.1, 0.15) is 84.5 Å². The lowest BCUT2D eigenvalue weighted by Gasteiger charge is -2.21. The Hall–Kier alpha value is -1.09. The van der Waals surface area contributed by atoms with Crippen molar-refractivity contribution in [2.75, 3.05) is 19.7 Å². The molecule has 0 heterocycles. The number of guanidine groups is 1. The Morgan fingerprint density at radius 1 is 1.03 bits per heavy atom. The quantitative estimate of drug-likeness (QED) is 0.108. The molecule has 0 fully saturated rings. The average molecular weight is 453 g/mol. The molecule has 0 bridgehead atoms. The number of rotatable bonds is 20. The Bertz CT molecular complexity index is 435. The van der Waals surface area contributed by atoms with Crippen molar-refractivity contribution in [3.63, 3.8) is 0 Å². The van der Waals surface area contributed by atoms with Crippen LogP contribution in [0, 0.1) is 0 Å². The van der Waals surface area contributed by atoms with E-state index in [0.717, 1.165) is 12.8 Å². The largest absolute Gasteiger partial charge is 0.480 e. The minimum atomic E-state index is -0.878. The fraction of sp³-hybridized carbons (Fsp3) is 0.905. The third kappa shape index (κ3) is 18.9. The van der Waals surface area contributed by atoms with Gasteiger partial charge in [-0.3, -0.25) is 9.79 Å². The lowest BCUT2D eigenvalue weighted by Crippen LogP contribution is -2.38. The van der Waals surface area contributed by atoms with Crippen LogP contribution in [0.2, 0.25) is 0 Å². The average Bonchev–Trinajstić information content (AvgIpc) is 2.66. The lowest BCUT2D eigenvalue weighted by molar-refractivity contribution is -0.139. The normalized spacial score (nSPS) is 13.8. The topological polar surface area (TPSA) is 143 Å². The molecule has 0 rings (SSSR count). The van der Waals surface area contributed by atoms with Gasteiger partial charge in [0.25, 0.3) is 0 Å². The minimum Gasteiger partial charge on any atom is -0.480 e. The number of halogens is 1. The van der Waals surface area contributed by atoms with Crippen molar-refractivity contribution < 1.29 is 19.7 Å². The maximum Gasteiger partial charge on any atom is 0.320 e. The molecule has 3 atom stereocenters. The van der Waals surface area contributed by atoms with Crippen molar-refractivity contribution in [2.45, 2.75) is 103 Å². The first-order valence-corrected chi connectivity index (χ1v) is 11.2. The fourth-order valence-electron chi connectivity index (χ4n) is 3.17. The van der Waals surface area contributed by atoms with Crippen molar-refractivity contribution in [3.8, 4) is 0 Å². The number of unbranched alkanes of at least 4 members (excludes halogenated alkanes) is 6. The van der Waals surface area contributed by atoms with E-state index < -0.39 is 18.1 Å². The Balaban J connectivity index is 0. The summed E-state index contributed by atoms with van der Waals surface area (Å²) in [7, 11) is 0. The van der Waals surface area contributed by atoms with Gasteiger partial charge in [-0.15, -0.1) is 12.4 Å². The number of nitrogens with zero attached hydrogens (tertiary/aromatic N) is 1. The van der Waals surface area contributed by atoms with Crippen LogP contribution in [0.4, 0.5) is 0 Å². The number of hydrogen-bond acceptors (Lipinski definition) is 5. The molecular weight excluding hydrogens is 408 g/mol. The molecule has 180 valence electrons. The molecule has 2 unspecified atom stereocenters. The third-order valence-electron chi connectivity index (χ3n) is 4.92. The number of hydrogen-bond donors (Lipinski definition) is 5. The number of aliphatic imine (C=N–C) groups is 1. The SMILES string of the molecule is CCCCCCCCCC(OCCCN[C@@H](CCCN=C(N)N)C(=O)O)C(C)O.Cl. The molecular formula is C21H45ClN4O4. The van der Waals surface area contributed by atoms with E-state index in [2.05, 4.69) is 17.2 Å². The predicted molar refractivity (Wildman–Crippen MR) is 125 cm³/mol. The van der Waals surface area contributed by atoms with Crippen LogP contribution in [-0.2, 0) is 9.53 Å². The second kappa shape index (κ2) is 21.2. The standard InChI is InChI=1S/C21H44N4O4.ClH/c1-3-4-5-6-7-8-9-13-19(17(2)26)29-16-11-15-24-18(20(27)28)12-10-14-25-21(22)23;/h17-19,24,26H,3-16H2,1-2H3,(H,27,28)(H4,22,23,25);1H/t17?,18-,19?;/m0./s1. The van der Waals surface area contributed by atoms with Crippen LogP contribution >= 0.6 is 12.4 Å². The molecule has 0 aliphatic heterocycles. The summed E-state index contributed by atoms with van der Waals surface area (Å²) in [5.41, 5.74) is 10.5. The van der Waals surface area contributed by atoms with Crippen LogP contribution in [-0.4, -0.2) is 60.1 Å². The summed E-state index contributed by atoms with van der Waals surface area (Å²) >= 11 is 0. The van der Waals surface area contributed by atoms with Gasteiger partial charge >= 0.3 is 5.97 Å². The molecule has 0 amide bonds. The van der Waals surface area contributed by atoms with Crippen molar-refractivity contribution in [1.82, 2.24) is 5.32 Å². The summed E-state index contributed by atoms with van der Waals surface area (Å²) in [6.45, 7) is 5.45. The molecule has 0 aliphatic carbocycles. The maximum absolute atomic E-state index is 11.3. The predicted octanol–water partition coefficient (Wildman–Crippen LogP) is 2.80. The van der Waals surface area contributed by atoms with Crippen LogP contribution < -0.4 is 16.8 Å². The summed E-state index contributed by atoms with van der Waals surface area (Å²) in [5, 5.41) is 22.2. The Labute approximate surface area is 188 Å². The van der Waals surface area contributed by atoms with E-state index in [1.807, 2.05) is 0 Å². The monoisotopic (exact) mass is 452 g/mol. The van der Waals surface area contributed by atoms with Gasteiger partial charge in [0.2, 0.25) is 0 Å². The first-order chi connectivity index (χ1) is 13.9. The minimum absolute atomic E-state index is 0. The number of ether oxygens (including phenoxy) is 1. The van der Waals surface area contributed by atoms with E-state index >= 15 is 0 Å². The number of carboxylic acids is 1. The Kier molecular flexibility index (Phi) is 21.9. The summed E-state index contributed by atoms with van der Waals surface area (Å²) in [6, 6.07) is -0.621. The van der Waals surface area contributed by atoms with Gasteiger partial charge in [0.15, 0.2) is 5.96 Å². The molecule has 7 N–H and O–H groups in total. The molecule has 0 radical (unpaired) electrons. The lowest BCUT2D eigenvalue weighted by atomic mass is 10.0. The number of aliphatic hydroxyl groups excluding tert-OH is 1. The molecule has 0 aromatic rings. The number of carbonyl (C=O) groups is 1. The molecule has 0 spiro atoms. The zero-order valence-electron chi connectivity index (χ0n) is 18.9. The second-order valence-electron chi connectivity index (χ2n) is 7.71. The highest BCUT2D eigenvalue weighted by Gasteiger charge is 2.17. The first kappa shape index (κ1) is 31.1. The Morgan fingerprint density at radius 3 is 2.23 bits per heavy atom. The molecule has 0 aliphatic rings. The van der Waals surface area contributed by atoms with E-state index in [1.165, 1.54) is 38.5 Å². The summed E-state index contributed by atoms with van der Waals surface area (Å²) in [5.74, 6) is -0.859. The van der Waals surface area contributed by atoms with Gasteiger partial charge in [-0.2, -0.15) is 0 Å². The van der Waals surface area contributed by atoms with Crippen LogP contribution in [0.3, 0.4) is 0 Å². The highest BCUT2D eigenvalue weighted by Crippen LogP contribution is 2.13. The molecule has 9 heteroatoms. The van der Waals surface area contributed by atoms with Gasteiger partial charge in [0.1, 0.15) is 6.04 Å². The fourth-order valence-corrected chi connectivity index (χ4v) is 3.17. The van der Waals surface area contributed by atoms with Crippen LogP contribution in [0.15, 0.2) is 4.99 Å². The smallest absolute Gasteiger partial charge is 0.320 e. The van der Waals surface area contributed by atoms with Crippen LogP contribution in [0.5, 0.6) is 0 Å². The van der Waals surface area contributed by atoms with Gasteiger partial charge in [-0.1, -0.05) is 51.9 Å². The van der Waals surface area contributed by atoms with Crippen molar-refractivity contribution in [3.05, 3.63) is 0 Å². The molecule has 30 heavy (non-hydrogen) atoms. The summed E-state index contributed by atoms with van der Waals surface area (Å²) < 4.78 is 5.83. The number of aliphatic hydroxyl groups is 1. The maximum atomic E-state index is 11.3. The highest BCUT2D eigenvalue weighted by molar-refractivity contribution is 5.85. The second-order valence-corrected chi connectivity index (χ2v) is 7.71. The van der Waals surface area contributed by atoms with E-state index in [0.29, 0.717) is 39.0 Å². The summed E-state index contributed by atoms with van der Waals surface area (Å²) in [6.07, 6.45) is 10.6. The van der Waals surface area contributed by atoms with E-state index in [1.54, 1.807) is 6.92 Å². The van der Waals surface area contributed by atoms with Crippen LogP contribution in [0.25, 0.3) is 0 Å². The zero-order valence-corrected chi connectivity index (χ0v) is 19.7. The van der Waals surface area contributed by atoms with Gasteiger partial charge < -0.3 is 31.7 Å². The first-order valence-electron chi connectivity index (χ1n) is 11.2. The van der Waals surface area contributed by atoms with Crippen molar-refractivity contribution >= 4 is 24.3 Å². The molecule has 0 aromatic heterocycles. The molecule has 0 saturated heterocycles. The highest BCUT2D eigenvalue weighted by atomic mass is 35.5. The van der Waals surface area contributed by atoms with Crippen molar-refractivity contribution in [2.24, 2.45) is 16.5 Å². The zero-order chi connectivity index (χ0) is 21.9. The van der Waals surface area contributed by atoms with Gasteiger partial charge in [0, 0.05) is 13.2 Å². The third-order valence-corrected chi connectivity index (χ3v) is 4.92. The molecule has 0 saturated carbocycles. The number of nitrogens with one attached hydrogen (secondary N) is 1. The summed E-state index contributed by atoms with van der Waals surface area (Å²) in [4.78, 5) is 15.2. The van der Waals surface area contributed by atoms with Crippen molar-refractivity contribution in [1.29, 1.82) is 0 Å². The molecule has 0 aromatic carbocycles. The van der Waals surface area contributed by atoms with Gasteiger partial charge in [-0.05, 0) is 39.2 Å². The van der Waals surface area contributed by atoms with Gasteiger partial charge in [-0.25, -0.2) is 0 Å². The van der Waals surface area contributed by atoms with E-state index in [-0.39, 0.29) is 24.5 Å². The number of nitrogens with two attached hydrogens (primary N) is 2.